The molecule has 0 aromatic rings. The normalized spacial score (nSPS) is 11.0. The summed E-state index contributed by atoms with van der Waals surface area (Å²) in [6.07, 6.45) is 10.2. The maximum atomic E-state index is 8.62. The summed E-state index contributed by atoms with van der Waals surface area (Å²) in [5.41, 5.74) is 0. The molecule has 0 aliphatic carbocycles. The molecule has 0 aromatic heterocycles. The molecule has 0 saturated heterocycles. The van der Waals surface area contributed by atoms with Gasteiger partial charge in [0.25, 0.3) is 0 Å². The number of unbranched alkanes of at least 4 members (excludes halogenated alkanes) is 6. The highest BCUT2D eigenvalue weighted by Crippen LogP contribution is 2.01. The number of aliphatic hydroxyl groups is 1. The highest BCUT2D eigenvalue weighted by molar-refractivity contribution is 4.44. The SMILES string of the molecule is CCCCOCCCCCOCCCCCCO. The van der Waals surface area contributed by atoms with Crippen molar-refractivity contribution in [2.24, 2.45) is 0 Å². The van der Waals surface area contributed by atoms with Gasteiger partial charge in [0.2, 0.25) is 0 Å². The van der Waals surface area contributed by atoms with Crippen molar-refractivity contribution >= 4 is 0 Å². The minimum Gasteiger partial charge on any atom is -0.396 e. The maximum absolute atomic E-state index is 8.62. The Kier molecular flexibility index (Phi) is 16.8. The van der Waals surface area contributed by atoms with Gasteiger partial charge in [0.1, 0.15) is 0 Å². The van der Waals surface area contributed by atoms with E-state index in [1.807, 2.05) is 0 Å². The molecule has 0 radical (unpaired) electrons. The van der Waals surface area contributed by atoms with Gasteiger partial charge in [0, 0.05) is 33.0 Å². The quantitative estimate of drug-likeness (QED) is 0.458. The fraction of sp³-hybridized carbons (Fsp3) is 1.00. The lowest BCUT2D eigenvalue weighted by molar-refractivity contribution is 0.111. The zero-order valence-corrected chi connectivity index (χ0v) is 12.2. The summed E-state index contributed by atoms with van der Waals surface area (Å²) in [6, 6.07) is 0. The van der Waals surface area contributed by atoms with E-state index in [0.717, 1.165) is 58.5 Å². The molecule has 110 valence electrons. The molecule has 0 unspecified atom stereocenters. The zero-order chi connectivity index (χ0) is 13.3. The topological polar surface area (TPSA) is 38.7 Å². The van der Waals surface area contributed by atoms with Crippen molar-refractivity contribution in [3.8, 4) is 0 Å². The standard InChI is InChI=1S/C15H32O3/c1-2-3-12-17-14-9-6-10-15-18-13-8-5-4-7-11-16/h16H,2-15H2,1H3. The van der Waals surface area contributed by atoms with Crippen LogP contribution in [0.1, 0.15) is 64.7 Å². The third kappa shape index (κ3) is 15.9. The van der Waals surface area contributed by atoms with Gasteiger partial charge in [-0.15, -0.1) is 0 Å². The van der Waals surface area contributed by atoms with Gasteiger partial charge in [-0.3, -0.25) is 0 Å². The van der Waals surface area contributed by atoms with Gasteiger partial charge in [-0.2, -0.15) is 0 Å². The van der Waals surface area contributed by atoms with Crippen molar-refractivity contribution in [3.05, 3.63) is 0 Å². The van der Waals surface area contributed by atoms with Crippen LogP contribution < -0.4 is 0 Å². The van der Waals surface area contributed by atoms with E-state index in [0.29, 0.717) is 6.61 Å². The first-order valence-corrected chi connectivity index (χ1v) is 7.68. The monoisotopic (exact) mass is 260 g/mol. The van der Waals surface area contributed by atoms with E-state index in [1.165, 1.54) is 25.7 Å². The molecule has 3 heteroatoms. The summed E-state index contributed by atoms with van der Waals surface area (Å²) in [7, 11) is 0. The molecule has 0 rings (SSSR count). The average Bonchev–Trinajstić information content (AvgIpc) is 2.39. The molecule has 18 heavy (non-hydrogen) atoms. The van der Waals surface area contributed by atoms with Gasteiger partial charge in [-0.05, 0) is 38.5 Å². The predicted molar refractivity (Wildman–Crippen MR) is 76.0 cm³/mol. The van der Waals surface area contributed by atoms with Crippen molar-refractivity contribution in [1.82, 2.24) is 0 Å². The molecule has 0 fully saturated rings. The van der Waals surface area contributed by atoms with Crippen LogP contribution in [0.15, 0.2) is 0 Å². The first kappa shape index (κ1) is 17.9. The van der Waals surface area contributed by atoms with Gasteiger partial charge < -0.3 is 14.6 Å². The first-order valence-electron chi connectivity index (χ1n) is 7.68. The molecule has 0 aliphatic rings. The van der Waals surface area contributed by atoms with Crippen molar-refractivity contribution in [1.29, 1.82) is 0 Å². The fourth-order valence-corrected chi connectivity index (χ4v) is 1.71. The zero-order valence-electron chi connectivity index (χ0n) is 12.2. The van der Waals surface area contributed by atoms with Crippen LogP contribution >= 0.6 is 0 Å². The second kappa shape index (κ2) is 16.9. The van der Waals surface area contributed by atoms with Gasteiger partial charge >= 0.3 is 0 Å². The van der Waals surface area contributed by atoms with E-state index in [1.54, 1.807) is 0 Å². The molecular weight excluding hydrogens is 228 g/mol. The summed E-state index contributed by atoms with van der Waals surface area (Å²) in [6.45, 7) is 6.08. The van der Waals surface area contributed by atoms with Crippen molar-refractivity contribution in [2.45, 2.75) is 64.7 Å². The minimum atomic E-state index is 0.321. The van der Waals surface area contributed by atoms with E-state index in [2.05, 4.69) is 6.92 Å². The second-order valence-electron chi connectivity index (χ2n) is 4.78. The predicted octanol–water partition coefficient (Wildman–Crippen LogP) is 3.54. The molecule has 0 aliphatic heterocycles. The van der Waals surface area contributed by atoms with Crippen LogP contribution in [0.5, 0.6) is 0 Å². The smallest absolute Gasteiger partial charge is 0.0466 e. The third-order valence-electron chi connectivity index (χ3n) is 2.92. The average molecular weight is 260 g/mol. The molecule has 0 aromatic carbocycles. The Morgan fingerprint density at radius 3 is 1.56 bits per heavy atom. The van der Waals surface area contributed by atoms with Crippen LogP contribution in [0.4, 0.5) is 0 Å². The van der Waals surface area contributed by atoms with Crippen molar-refractivity contribution < 1.29 is 14.6 Å². The van der Waals surface area contributed by atoms with Gasteiger partial charge in [-0.25, -0.2) is 0 Å². The van der Waals surface area contributed by atoms with Crippen LogP contribution in [0.25, 0.3) is 0 Å². The summed E-state index contributed by atoms with van der Waals surface area (Å²) in [5.74, 6) is 0. The Bertz CT molecular complexity index is 124. The second-order valence-corrected chi connectivity index (χ2v) is 4.78. The lowest BCUT2D eigenvalue weighted by Crippen LogP contribution is -2.00. The molecule has 3 nitrogen and oxygen atoms in total. The Morgan fingerprint density at radius 1 is 0.611 bits per heavy atom. The van der Waals surface area contributed by atoms with E-state index in [9.17, 15) is 0 Å². The summed E-state index contributed by atoms with van der Waals surface area (Å²) in [4.78, 5) is 0. The summed E-state index contributed by atoms with van der Waals surface area (Å²) < 4.78 is 11.1. The highest BCUT2D eigenvalue weighted by atomic mass is 16.5. The van der Waals surface area contributed by atoms with Crippen LogP contribution in [0.2, 0.25) is 0 Å². The molecule has 0 atom stereocenters. The Morgan fingerprint density at radius 2 is 1.06 bits per heavy atom. The van der Waals surface area contributed by atoms with Crippen LogP contribution in [0, 0.1) is 0 Å². The van der Waals surface area contributed by atoms with E-state index in [4.69, 9.17) is 14.6 Å². The van der Waals surface area contributed by atoms with Gasteiger partial charge in [0.15, 0.2) is 0 Å². The number of hydrogen-bond acceptors (Lipinski definition) is 3. The molecule has 0 saturated carbocycles. The molecule has 0 amide bonds. The van der Waals surface area contributed by atoms with Gasteiger partial charge in [-0.1, -0.05) is 26.2 Å². The molecule has 0 heterocycles. The molecule has 0 bridgehead atoms. The van der Waals surface area contributed by atoms with E-state index < -0.39 is 0 Å². The Labute approximate surface area is 113 Å². The van der Waals surface area contributed by atoms with Gasteiger partial charge in [0.05, 0.1) is 0 Å². The molecular formula is C15H32O3. The minimum absolute atomic E-state index is 0.321. The van der Waals surface area contributed by atoms with Crippen LogP contribution in [0.3, 0.4) is 0 Å². The lowest BCUT2D eigenvalue weighted by atomic mass is 10.2. The Hall–Kier alpha value is -0.120. The number of ether oxygens (including phenoxy) is 2. The number of hydrogen-bond donors (Lipinski definition) is 1. The fourth-order valence-electron chi connectivity index (χ4n) is 1.71. The Balaban J connectivity index is 2.86. The van der Waals surface area contributed by atoms with Crippen LogP contribution in [-0.4, -0.2) is 38.1 Å². The lowest BCUT2D eigenvalue weighted by Gasteiger charge is -2.05. The van der Waals surface area contributed by atoms with Crippen molar-refractivity contribution in [2.75, 3.05) is 33.0 Å². The molecule has 1 N–H and O–H groups in total. The first-order chi connectivity index (χ1) is 8.91. The van der Waals surface area contributed by atoms with E-state index >= 15 is 0 Å². The largest absolute Gasteiger partial charge is 0.396 e. The van der Waals surface area contributed by atoms with E-state index in [-0.39, 0.29) is 0 Å². The number of rotatable bonds is 15. The highest BCUT2D eigenvalue weighted by Gasteiger charge is 1.93. The van der Waals surface area contributed by atoms with Crippen molar-refractivity contribution in [3.63, 3.8) is 0 Å². The summed E-state index contributed by atoms with van der Waals surface area (Å²) in [5, 5.41) is 8.62. The number of aliphatic hydroxyl groups excluding tert-OH is 1. The maximum Gasteiger partial charge on any atom is 0.0466 e. The summed E-state index contributed by atoms with van der Waals surface area (Å²) >= 11 is 0. The molecule has 0 spiro atoms. The van der Waals surface area contributed by atoms with Crippen LogP contribution in [-0.2, 0) is 9.47 Å². The third-order valence-corrected chi connectivity index (χ3v) is 2.92.